The Hall–Kier alpha value is -2.98. The van der Waals surface area contributed by atoms with E-state index in [4.69, 9.17) is 16.3 Å². The predicted molar refractivity (Wildman–Crippen MR) is 123 cm³/mol. The SMILES string of the molecule is O=C(NC1CCC(C(=O)Nc2cc(F)ccc2Cl)CC1)c1nc[nH]c1C(=O)NCC1CCCO1. The molecular formula is C23H27ClFN5O4. The van der Waals surface area contributed by atoms with Crippen molar-refractivity contribution in [2.45, 2.75) is 50.7 Å². The molecule has 1 aliphatic heterocycles. The van der Waals surface area contributed by atoms with Gasteiger partial charge in [-0.25, -0.2) is 9.37 Å². The summed E-state index contributed by atoms with van der Waals surface area (Å²) < 4.78 is 18.9. The number of aromatic amines is 1. The molecule has 0 radical (unpaired) electrons. The van der Waals surface area contributed by atoms with Crippen LogP contribution in [0.2, 0.25) is 5.02 Å². The van der Waals surface area contributed by atoms with E-state index in [9.17, 15) is 18.8 Å². The maximum absolute atomic E-state index is 13.4. The first-order valence-electron chi connectivity index (χ1n) is 11.4. The molecule has 11 heteroatoms. The molecule has 2 aromatic rings. The van der Waals surface area contributed by atoms with Gasteiger partial charge < -0.3 is 25.7 Å². The van der Waals surface area contributed by atoms with E-state index in [0.717, 1.165) is 12.8 Å². The summed E-state index contributed by atoms with van der Waals surface area (Å²) in [6.45, 7) is 1.08. The number of amides is 3. The van der Waals surface area contributed by atoms with Crippen molar-refractivity contribution in [2.75, 3.05) is 18.5 Å². The van der Waals surface area contributed by atoms with E-state index < -0.39 is 17.6 Å². The predicted octanol–water partition coefficient (Wildman–Crippen LogP) is 3.04. The molecular weight excluding hydrogens is 465 g/mol. The van der Waals surface area contributed by atoms with Crippen molar-refractivity contribution >= 4 is 35.0 Å². The molecule has 0 bridgehead atoms. The van der Waals surface area contributed by atoms with Gasteiger partial charge in [0.05, 0.1) is 23.1 Å². The van der Waals surface area contributed by atoms with E-state index in [1.165, 1.54) is 24.5 Å². The average Bonchev–Trinajstić information content (AvgIpc) is 3.53. The number of carbonyl (C=O) groups is 3. The number of halogens is 2. The fraction of sp³-hybridized carbons (Fsp3) is 0.478. The molecule has 2 fully saturated rings. The highest BCUT2D eigenvalue weighted by Gasteiger charge is 2.29. The topological polar surface area (TPSA) is 125 Å². The Bertz CT molecular complexity index is 1050. The minimum atomic E-state index is -0.482. The minimum absolute atomic E-state index is 0.00604. The van der Waals surface area contributed by atoms with Crippen molar-refractivity contribution in [1.29, 1.82) is 0 Å². The third-order valence-electron chi connectivity index (χ3n) is 6.22. The van der Waals surface area contributed by atoms with Gasteiger partial charge in [0.25, 0.3) is 11.8 Å². The molecule has 1 atom stereocenters. The summed E-state index contributed by atoms with van der Waals surface area (Å²) in [5.41, 5.74) is 0.381. The monoisotopic (exact) mass is 491 g/mol. The molecule has 182 valence electrons. The van der Waals surface area contributed by atoms with Gasteiger partial charge in [0.2, 0.25) is 5.91 Å². The van der Waals surface area contributed by atoms with Gasteiger partial charge in [-0.05, 0) is 56.7 Å². The zero-order valence-corrected chi connectivity index (χ0v) is 19.3. The molecule has 1 saturated heterocycles. The first-order valence-corrected chi connectivity index (χ1v) is 11.8. The molecule has 0 spiro atoms. The molecule has 1 unspecified atom stereocenters. The summed E-state index contributed by atoms with van der Waals surface area (Å²) >= 11 is 6.02. The lowest BCUT2D eigenvalue weighted by atomic mass is 9.85. The highest BCUT2D eigenvalue weighted by molar-refractivity contribution is 6.33. The Labute approximate surface area is 201 Å². The molecule has 3 amide bonds. The molecule has 1 aromatic carbocycles. The number of anilines is 1. The van der Waals surface area contributed by atoms with Crippen molar-refractivity contribution in [3.63, 3.8) is 0 Å². The Balaban J connectivity index is 1.26. The smallest absolute Gasteiger partial charge is 0.272 e. The quantitative estimate of drug-likeness (QED) is 0.473. The van der Waals surface area contributed by atoms with Gasteiger partial charge in [-0.3, -0.25) is 14.4 Å². The third-order valence-corrected chi connectivity index (χ3v) is 6.54. The fourth-order valence-electron chi connectivity index (χ4n) is 4.32. The fourth-order valence-corrected chi connectivity index (χ4v) is 4.49. The zero-order chi connectivity index (χ0) is 24.1. The summed E-state index contributed by atoms with van der Waals surface area (Å²) in [5, 5.41) is 8.64. The number of benzene rings is 1. The van der Waals surface area contributed by atoms with E-state index in [-0.39, 0.29) is 46.1 Å². The third kappa shape index (κ3) is 5.92. The standard InChI is InChI=1S/C23H27ClFN5O4/c24-17-8-5-14(25)10-18(17)30-21(31)13-3-6-15(7-4-13)29-23(33)20-19(27-12-28-20)22(32)26-11-16-2-1-9-34-16/h5,8,10,12-13,15-16H,1-4,6-7,9,11H2,(H,26,32)(H,27,28)(H,29,33)(H,30,31). The Morgan fingerprint density at radius 3 is 2.68 bits per heavy atom. The van der Waals surface area contributed by atoms with E-state index in [1.54, 1.807) is 0 Å². The molecule has 1 saturated carbocycles. The number of hydrogen-bond acceptors (Lipinski definition) is 5. The summed E-state index contributed by atoms with van der Waals surface area (Å²) in [7, 11) is 0. The number of carbonyl (C=O) groups excluding carboxylic acids is 3. The Morgan fingerprint density at radius 2 is 1.94 bits per heavy atom. The van der Waals surface area contributed by atoms with Crippen LogP contribution >= 0.6 is 11.6 Å². The number of imidazole rings is 1. The molecule has 1 aromatic heterocycles. The van der Waals surface area contributed by atoms with Crippen LogP contribution in [0.15, 0.2) is 24.5 Å². The highest BCUT2D eigenvalue weighted by Crippen LogP contribution is 2.28. The normalized spacial score (nSPS) is 22.2. The van der Waals surface area contributed by atoms with Gasteiger partial charge in [-0.2, -0.15) is 0 Å². The van der Waals surface area contributed by atoms with Crippen molar-refractivity contribution in [3.05, 3.63) is 46.8 Å². The van der Waals surface area contributed by atoms with Crippen LogP contribution in [0.3, 0.4) is 0 Å². The van der Waals surface area contributed by atoms with Gasteiger partial charge in [-0.15, -0.1) is 0 Å². The number of hydrogen-bond donors (Lipinski definition) is 4. The second-order valence-electron chi connectivity index (χ2n) is 8.61. The van der Waals surface area contributed by atoms with E-state index >= 15 is 0 Å². The van der Waals surface area contributed by atoms with Crippen LogP contribution in [-0.2, 0) is 9.53 Å². The molecule has 2 aliphatic rings. The number of nitrogens with one attached hydrogen (secondary N) is 4. The molecule has 2 heterocycles. The summed E-state index contributed by atoms with van der Waals surface area (Å²) in [4.78, 5) is 44.6. The highest BCUT2D eigenvalue weighted by atomic mass is 35.5. The number of ether oxygens (including phenoxy) is 1. The zero-order valence-electron chi connectivity index (χ0n) is 18.5. The van der Waals surface area contributed by atoms with Crippen molar-refractivity contribution in [1.82, 2.24) is 20.6 Å². The van der Waals surface area contributed by atoms with Crippen molar-refractivity contribution < 1.29 is 23.5 Å². The maximum atomic E-state index is 13.4. The lowest BCUT2D eigenvalue weighted by Crippen LogP contribution is -2.40. The molecule has 34 heavy (non-hydrogen) atoms. The van der Waals surface area contributed by atoms with Crippen LogP contribution in [0, 0.1) is 11.7 Å². The van der Waals surface area contributed by atoms with Crippen LogP contribution < -0.4 is 16.0 Å². The van der Waals surface area contributed by atoms with Gasteiger partial charge in [-0.1, -0.05) is 11.6 Å². The van der Waals surface area contributed by atoms with E-state index in [2.05, 4.69) is 25.9 Å². The number of rotatable bonds is 7. The van der Waals surface area contributed by atoms with Crippen molar-refractivity contribution in [2.24, 2.45) is 5.92 Å². The first kappa shape index (κ1) is 24.2. The van der Waals surface area contributed by atoms with Crippen LogP contribution in [0.1, 0.15) is 59.5 Å². The second kappa shape index (κ2) is 11.0. The van der Waals surface area contributed by atoms with Crippen molar-refractivity contribution in [3.8, 4) is 0 Å². The number of H-pyrrole nitrogens is 1. The number of aromatic nitrogens is 2. The summed E-state index contributed by atoms with van der Waals surface area (Å²) in [5.74, 6) is -1.83. The van der Waals surface area contributed by atoms with Crippen LogP contribution in [0.5, 0.6) is 0 Å². The summed E-state index contributed by atoms with van der Waals surface area (Å²) in [6, 6.07) is 3.66. The van der Waals surface area contributed by atoms with Gasteiger partial charge in [0.1, 0.15) is 11.5 Å². The molecule has 4 N–H and O–H groups in total. The van der Waals surface area contributed by atoms with Crippen LogP contribution in [-0.4, -0.2) is 53.0 Å². The van der Waals surface area contributed by atoms with E-state index in [1.807, 2.05) is 0 Å². The van der Waals surface area contributed by atoms with E-state index in [0.29, 0.717) is 38.8 Å². The molecule has 1 aliphatic carbocycles. The molecule has 4 rings (SSSR count). The lowest BCUT2D eigenvalue weighted by molar-refractivity contribution is -0.120. The summed E-state index contributed by atoms with van der Waals surface area (Å²) in [6.07, 6.45) is 5.46. The maximum Gasteiger partial charge on any atom is 0.272 e. The lowest BCUT2D eigenvalue weighted by Gasteiger charge is -2.28. The minimum Gasteiger partial charge on any atom is -0.376 e. The van der Waals surface area contributed by atoms with Gasteiger partial charge >= 0.3 is 0 Å². The molecule has 9 nitrogen and oxygen atoms in total. The number of nitrogens with zero attached hydrogens (tertiary/aromatic N) is 1. The second-order valence-corrected chi connectivity index (χ2v) is 9.01. The van der Waals surface area contributed by atoms with Gasteiger partial charge in [0.15, 0.2) is 5.69 Å². The Kier molecular flexibility index (Phi) is 7.79. The largest absolute Gasteiger partial charge is 0.376 e. The van der Waals surface area contributed by atoms with Crippen LogP contribution in [0.4, 0.5) is 10.1 Å². The first-order chi connectivity index (χ1) is 16.4. The Morgan fingerprint density at radius 1 is 1.15 bits per heavy atom. The van der Waals surface area contributed by atoms with Crippen LogP contribution in [0.25, 0.3) is 0 Å². The average molecular weight is 492 g/mol. The van der Waals surface area contributed by atoms with Gasteiger partial charge in [0, 0.05) is 25.1 Å².